The van der Waals surface area contributed by atoms with Crippen LogP contribution in [0.2, 0.25) is 0 Å². The molecule has 2 heteroatoms. The molecule has 1 aliphatic rings. The van der Waals surface area contributed by atoms with E-state index in [1.807, 2.05) is 18.3 Å². The van der Waals surface area contributed by atoms with Crippen molar-refractivity contribution >= 4 is 6.21 Å². The van der Waals surface area contributed by atoms with Crippen LogP contribution in [0.3, 0.4) is 0 Å². The van der Waals surface area contributed by atoms with E-state index in [1.165, 1.54) is 54.4 Å². The molecule has 28 heavy (non-hydrogen) atoms. The van der Waals surface area contributed by atoms with Crippen LogP contribution in [0.5, 0.6) is 0 Å². The largest absolute Gasteiger partial charge is 0.391 e. The molecule has 3 aromatic carbocycles. The maximum atomic E-state index is 5.70. The van der Waals surface area contributed by atoms with Crippen molar-refractivity contribution in [2.75, 3.05) is 0 Å². The average Bonchev–Trinajstić information content (AvgIpc) is 2.78. The molecule has 0 bridgehead atoms. The van der Waals surface area contributed by atoms with Gasteiger partial charge in [-0.1, -0.05) is 103 Å². The van der Waals surface area contributed by atoms with Crippen molar-refractivity contribution in [1.29, 1.82) is 0 Å². The highest BCUT2D eigenvalue weighted by Gasteiger charge is 2.17. The molecule has 1 aliphatic carbocycles. The van der Waals surface area contributed by atoms with Crippen LogP contribution in [0, 0.1) is 0 Å². The van der Waals surface area contributed by atoms with E-state index < -0.39 is 0 Å². The molecule has 0 atom stereocenters. The van der Waals surface area contributed by atoms with Crippen molar-refractivity contribution in [3.63, 3.8) is 0 Å². The Bertz CT molecular complexity index is 910. The molecule has 3 aromatic rings. The van der Waals surface area contributed by atoms with Gasteiger partial charge < -0.3 is 4.84 Å². The van der Waals surface area contributed by atoms with Crippen LogP contribution in [0.4, 0.5) is 0 Å². The van der Waals surface area contributed by atoms with Crippen LogP contribution >= 0.6 is 0 Å². The van der Waals surface area contributed by atoms with Gasteiger partial charge >= 0.3 is 0 Å². The van der Waals surface area contributed by atoms with Crippen LogP contribution in [0.25, 0.3) is 11.1 Å². The normalized spacial score (nSPS) is 15.0. The van der Waals surface area contributed by atoms with Crippen molar-refractivity contribution < 1.29 is 4.84 Å². The van der Waals surface area contributed by atoms with Gasteiger partial charge in [-0.3, -0.25) is 0 Å². The van der Waals surface area contributed by atoms with Gasteiger partial charge in [0.15, 0.2) is 0 Å². The zero-order valence-electron chi connectivity index (χ0n) is 16.3. The lowest BCUT2D eigenvalue weighted by Crippen LogP contribution is -2.07. The molecule has 4 rings (SSSR count). The molecule has 0 aromatic heterocycles. The first-order chi connectivity index (χ1) is 13.9. The van der Waals surface area contributed by atoms with E-state index in [0.29, 0.717) is 12.5 Å². The summed E-state index contributed by atoms with van der Waals surface area (Å²) < 4.78 is 0. The van der Waals surface area contributed by atoms with E-state index in [4.69, 9.17) is 4.84 Å². The van der Waals surface area contributed by atoms with Gasteiger partial charge in [-0.25, -0.2) is 0 Å². The molecule has 0 heterocycles. The monoisotopic (exact) mass is 369 g/mol. The minimum absolute atomic E-state index is 0.465. The smallest absolute Gasteiger partial charge is 0.142 e. The second-order valence-corrected chi connectivity index (χ2v) is 7.49. The maximum absolute atomic E-state index is 5.70. The Hall–Kier alpha value is -2.87. The topological polar surface area (TPSA) is 21.6 Å². The van der Waals surface area contributed by atoms with E-state index >= 15 is 0 Å². The molecule has 0 aliphatic heterocycles. The summed E-state index contributed by atoms with van der Waals surface area (Å²) in [4.78, 5) is 5.70. The summed E-state index contributed by atoms with van der Waals surface area (Å²) in [6.45, 7) is 0.465. The van der Waals surface area contributed by atoms with Gasteiger partial charge in [-0.05, 0) is 46.6 Å². The van der Waals surface area contributed by atoms with Crippen LogP contribution in [0.1, 0.15) is 54.7 Å². The highest BCUT2D eigenvalue weighted by molar-refractivity contribution is 5.81. The van der Waals surface area contributed by atoms with Gasteiger partial charge in [0, 0.05) is 0 Å². The molecular weight excluding hydrogens is 342 g/mol. The Labute approximate surface area is 167 Å². The molecule has 0 spiro atoms. The van der Waals surface area contributed by atoms with Crippen molar-refractivity contribution in [2.45, 2.75) is 44.6 Å². The fourth-order valence-electron chi connectivity index (χ4n) is 4.16. The molecule has 0 amide bonds. The van der Waals surface area contributed by atoms with Crippen molar-refractivity contribution in [3.05, 3.63) is 95.6 Å². The summed E-state index contributed by atoms with van der Waals surface area (Å²) in [7, 11) is 0. The first-order valence-corrected chi connectivity index (χ1v) is 10.3. The quantitative estimate of drug-likeness (QED) is 0.340. The van der Waals surface area contributed by atoms with Crippen LogP contribution in [-0.4, -0.2) is 6.21 Å². The molecule has 0 unspecified atom stereocenters. The fraction of sp³-hybridized carbons (Fsp3) is 0.269. The standard InChI is InChI=1S/C26H27NO/c1-3-11-21(12-4-1)25-17-9-7-15-23(25)19-27-28-20-24-16-8-10-18-26(24)22-13-5-2-6-14-22/h2,5-10,13-19,21H,1,3-4,11-12,20H2. The van der Waals surface area contributed by atoms with Gasteiger partial charge in [0.05, 0.1) is 6.21 Å². The summed E-state index contributed by atoms with van der Waals surface area (Å²) in [6, 6.07) is 27.4. The second-order valence-electron chi connectivity index (χ2n) is 7.49. The minimum atomic E-state index is 0.465. The van der Waals surface area contributed by atoms with Gasteiger partial charge in [-0.15, -0.1) is 0 Å². The number of nitrogens with zero attached hydrogens (tertiary/aromatic N) is 1. The molecule has 142 valence electrons. The van der Waals surface area contributed by atoms with E-state index in [-0.39, 0.29) is 0 Å². The number of hydrogen-bond donors (Lipinski definition) is 0. The van der Waals surface area contributed by atoms with Crippen LogP contribution in [-0.2, 0) is 11.4 Å². The van der Waals surface area contributed by atoms with Crippen molar-refractivity contribution in [1.82, 2.24) is 0 Å². The lowest BCUT2D eigenvalue weighted by Gasteiger charge is -2.23. The third-order valence-corrected chi connectivity index (χ3v) is 5.63. The SMILES string of the molecule is C(=NOCc1ccccc1-c1ccccc1)c1ccccc1C1CCCCC1. The van der Waals surface area contributed by atoms with Crippen molar-refractivity contribution in [2.24, 2.45) is 5.16 Å². The summed E-state index contributed by atoms with van der Waals surface area (Å²) >= 11 is 0. The van der Waals surface area contributed by atoms with E-state index in [2.05, 4.69) is 71.9 Å². The fourth-order valence-corrected chi connectivity index (χ4v) is 4.16. The van der Waals surface area contributed by atoms with E-state index in [9.17, 15) is 0 Å². The summed E-state index contributed by atoms with van der Waals surface area (Å²) in [6.07, 6.45) is 8.50. The Balaban J connectivity index is 1.45. The molecule has 0 saturated heterocycles. The predicted molar refractivity (Wildman–Crippen MR) is 117 cm³/mol. The molecule has 0 N–H and O–H groups in total. The van der Waals surface area contributed by atoms with Gasteiger partial charge in [0.2, 0.25) is 0 Å². The summed E-state index contributed by atoms with van der Waals surface area (Å²) in [5, 5.41) is 4.30. The zero-order chi connectivity index (χ0) is 19.0. The minimum Gasteiger partial charge on any atom is -0.391 e. The number of rotatable bonds is 6. The average molecular weight is 370 g/mol. The van der Waals surface area contributed by atoms with E-state index in [0.717, 1.165) is 5.56 Å². The Kier molecular flexibility index (Phi) is 6.18. The van der Waals surface area contributed by atoms with Gasteiger partial charge in [-0.2, -0.15) is 0 Å². The first kappa shape index (κ1) is 18.5. The van der Waals surface area contributed by atoms with Crippen LogP contribution < -0.4 is 0 Å². The summed E-state index contributed by atoms with van der Waals surface area (Å²) in [5.74, 6) is 0.662. The number of benzene rings is 3. The highest BCUT2D eigenvalue weighted by Crippen LogP contribution is 2.34. The molecule has 1 saturated carbocycles. The highest BCUT2D eigenvalue weighted by atomic mass is 16.6. The van der Waals surface area contributed by atoms with Gasteiger partial charge in [0.25, 0.3) is 0 Å². The van der Waals surface area contributed by atoms with Gasteiger partial charge in [0.1, 0.15) is 6.61 Å². The molecule has 0 radical (unpaired) electrons. The molecule has 2 nitrogen and oxygen atoms in total. The van der Waals surface area contributed by atoms with Crippen LogP contribution in [0.15, 0.2) is 84.0 Å². The Morgan fingerprint density at radius 1 is 0.786 bits per heavy atom. The molecular formula is C26H27NO. The second kappa shape index (κ2) is 9.36. The van der Waals surface area contributed by atoms with Crippen molar-refractivity contribution in [3.8, 4) is 11.1 Å². The molecule has 1 fully saturated rings. The number of hydrogen-bond acceptors (Lipinski definition) is 2. The predicted octanol–water partition coefficient (Wildman–Crippen LogP) is 6.95. The lowest BCUT2D eigenvalue weighted by atomic mass is 9.82. The number of oxime groups is 1. The lowest BCUT2D eigenvalue weighted by molar-refractivity contribution is 0.132. The summed E-state index contributed by atoms with van der Waals surface area (Å²) in [5.41, 5.74) is 6.14. The Morgan fingerprint density at radius 2 is 1.50 bits per heavy atom. The first-order valence-electron chi connectivity index (χ1n) is 10.3. The zero-order valence-corrected chi connectivity index (χ0v) is 16.3. The third kappa shape index (κ3) is 4.51. The third-order valence-electron chi connectivity index (χ3n) is 5.63. The van der Waals surface area contributed by atoms with E-state index in [1.54, 1.807) is 0 Å². The Morgan fingerprint density at radius 3 is 2.36 bits per heavy atom. The maximum Gasteiger partial charge on any atom is 0.142 e.